The number of hydrogen-bond acceptors (Lipinski definition) is 5. The lowest BCUT2D eigenvalue weighted by atomic mass is 10.2. The number of pyridine rings is 1. The van der Waals surface area contributed by atoms with Crippen LogP contribution in [0.1, 0.15) is 5.69 Å². The number of nitrogens with zero attached hydrogens (tertiary/aromatic N) is 4. The Morgan fingerprint density at radius 3 is 2.59 bits per heavy atom. The summed E-state index contributed by atoms with van der Waals surface area (Å²) in [6, 6.07) is 4.26. The Balaban J connectivity index is 2.33. The zero-order valence-electron chi connectivity index (χ0n) is 12.1. The van der Waals surface area contributed by atoms with Crippen LogP contribution in [0.4, 0.5) is 13.2 Å². The molecule has 22 heavy (non-hydrogen) atoms. The molecule has 2 heterocycles. The largest absolute Gasteiger partial charge is 0.433 e. The van der Waals surface area contributed by atoms with Crippen molar-refractivity contribution < 1.29 is 13.2 Å². The van der Waals surface area contributed by atoms with Crippen LogP contribution in [-0.2, 0) is 6.18 Å². The van der Waals surface area contributed by atoms with E-state index in [0.717, 1.165) is 12.6 Å². The number of hydrogen-bond donors (Lipinski definition) is 0. The smallest absolute Gasteiger partial charge is 0.309 e. The predicted octanol–water partition coefficient (Wildman–Crippen LogP) is 3.21. The van der Waals surface area contributed by atoms with E-state index in [4.69, 9.17) is 0 Å². The van der Waals surface area contributed by atoms with Gasteiger partial charge in [-0.15, -0.1) is 11.8 Å². The molecule has 8 heteroatoms. The minimum absolute atomic E-state index is 0.0373. The lowest BCUT2D eigenvalue weighted by Gasteiger charge is -2.11. The van der Waals surface area contributed by atoms with Gasteiger partial charge in [0, 0.05) is 36.3 Å². The molecule has 0 aliphatic rings. The second-order valence-electron chi connectivity index (χ2n) is 4.81. The molecule has 0 aliphatic carbocycles. The third-order valence-electron chi connectivity index (χ3n) is 2.70. The van der Waals surface area contributed by atoms with Crippen LogP contribution in [0, 0.1) is 0 Å². The van der Waals surface area contributed by atoms with Crippen LogP contribution in [0.2, 0.25) is 0 Å². The van der Waals surface area contributed by atoms with Gasteiger partial charge in [0.25, 0.3) is 0 Å². The molecule has 0 aromatic carbocycles. The van der Waals surface area contributed by atoms with E-state index in [1.807, 2.05) is 19.0 Å². The van der Waals surface area contributed by atoms with E-state index in [0.29, 0.717) is 16.3 Å². The van der Waals surface area contributed by atoms with Crippen LogP contribution in [0.5, 0.6) is 0 Å². The molecule has 2 rings (SSSR count). The summed E-state index contributed by atoms with van der Waals surface area (Å²) in [4.78, 5) is 13.7. The summed E-state index contributed by atoms with van der Waals surface area (Å²) in [5.74, 6) is 0.684. The van der Waals surface area contributed by atoms with Crippen LogP contribution in [0.3, 0.4) is 0 Å². The van der Waals surface area contributed by atoms with Crippen molar-refractivity contribution in [1.82, 2.24) is 19.9 Å². The Morgan fingerprint density at radius 1 is 1.23 bits per heavy atom. The summed E-state index contributed by atoms with van der Waals surface area (Å²) in [7, 11) is 3.81. The van der Waals surface area contributed by atoms with Crippen LogP contribution in [0.15, 0.2) is 35.6 Å². The average Bonchev–Trinajstić information content (AvgIpc) is 2.46. The van der Waals surface area contributed by atoms with Gasteiger partial charge < -0.3 is 4.90 Å². The summed E-state index contributed by atoms with van der Waals surface area (Å²) in [6.45, 7) is 0.748. The van der Waals surface area contributed by atoms with Crippen molar-refractivity contribution in [3.8, 4) is 11.4 Å². The average molecular weight is 328 g/mol. The summed E-state index contributed by atoms with van der Waals surface area (Å²) in [5, 5.41) is 0.308. The van der Waals surface area contributed by atoms with Crippen molar-refractivity contribution in [3.63, 3.8) is 0 Å². The number of aromatic nitrogens is 3. The molecule has 0 unspecified atom stereocenters. The molecule has 4 nitrogen and oxygen atoms in total. The van der Waals surface area contributed by atoms with Gasteiger partial charge >= 0.3 is 6.18 Å². The van der Waals surface area contributed by atoms with Gasteiger partial charge in [0.1, 0.15) is 10.7 Å². The molecule has 0 atom stereocenters. The minimum atomic E-state index is -4.50. The van der Waals surface area contributed by atoms with Crippen molar-refractivity contribution >= 4 is 11.8 Å². The van der Waals surface area contributed by atoms with E-state index in [2.05, 4.69) is 15.0 Å². The molecule has 0 saturated carbocycles. The molecule has 0 saturated heterocycles. The Kier molecular flexibility index (Phi) is 5.36. The number of alkyl halides is 3. The lowest BCUT2D eigenvalue weighted by Crippen LogP contribution is -2.15. The third-order valence-corrected chi connectivity index (χ3v) is 3.59. The molecule has 0 fully saturated rings. The molecule has 0 bridgehead atoms. The summed E-state index contributed by atoms with van der Waals surface area (Å²) < 4.78 is 39.0. The molecular formula is C14H15F3N4S. The Hall–Kier alpha value is -1.67. The second kappa shape index (κ2) is 7.06. The van der Waals surface area contributed by atoms with E-state index < -0.39 is 11.9 Å². The maximum absolute atomic E-state index is 13.0. The van der Waals surface area contributed by atoms with Gasteiger partial charge in [-0.05, 0) is 26.2 Å². The van der Waals surface area contributed by atoms with Gasteiger partial charge in [-0.1, -0.05) is 0 Å². The first-order chi connectivity index (χ1) is 10.4. The SMILES string of the molecule is CN(C)CCSc1cc(C(F)(F)F)nc(-c2cccnc2)n1. The molecule has 118 valence electrons. The molecule has 0 N–H and O–H groups in total. The van der Waals surface area contributed by atoms with Crippen LogP contribution >= 0.6 is 11.8 Å². The second-order valence-corrected chi connectivity index (χ2v) is 5.92. The highest BCUT2D eigenvalue weighted by atomic mass is 32.2. The molecule has 2 aromatic heterocycles. The summed E-state index contributed by atoms with van der Waals surface area (Å²) in [6.07, 6.45) is -1.51. The maximum atomic E-state index is 13.0. The van der Waals surface area contributed by atoms with Gasteiger partial charge in [-0.25, -0.2) is 9.97 Å². The highest BCUT2D eigenvalue weighted by molar-refractivity contribution is 7.99. The third kappa shape index (κ3) is 4.67. The first kappa shape index (κ1) is 16.7. The normalized spacial score (nSPS) is 11.9. The van der Waals surface area contributed by atoms with E-state index in [1.165, 1.54) is 18.0 Å². The maximum Gasteiger partial charge on any atom is 0.433 e. The predicted molar refractivity (Wildman–Crippen MR) is 79.5 cm³/mol. The minimum Gasteiger partial charge on any atom is -0.309 e. The first-order valence-electron chi connectivity index (χ1n) is 6.50. The van der Waals surface area contributed by atoms with Gasteiger partial charge in [-0.2, -0.15) is 13.2 Å². The van der Waals surface area contributed by atoms with Crippen LogP contribution in [-0.4, -0.2) is 46.2 Å². The highest BCUT2D eigenvalue weighted by Gasteiger charge is 2.33. The molecule has 0 spiro atoms. The fourth-order valence-electron chi connectivity index (χ4n) is 1.60. The first-order valence-corrected chi connectivity index (χ1v) is 7.49. The Labute approximate surface area is 130 Å². The molecule has 2 aromatic rings. The summed E-state index contributed by atoms with van der Waals surface area (Å²) in [5.41, 5.74) is -0.475. The number of halogens is 3. The van der Waals surface area contributed by atoms with E-state index in [9.17, 15) is 13.2 Å². The summed E-state index contributed by atoms with van der Waals surface area (Å²) >= 11 is 1.27. The number of thioether (sulfide) groups is 1. The monoisotopic (exact) mass is 328 g/mol. The van der Waals surface area contributed by atoms with Gasteiger partial charge in [-0.3, -0.25) is 4.98 Å². The Bertz CT molecular complexity index is 617. The molecule has 0 aliphatic heterocycles. The highest BCUT2D eigenvalue weighted by Crippen LogP contribution is 2.31. The van der Waals surface area contributed by atoms with E-state index >= 15 is 0 Å². The van der Waals surface area contributed by atoms with Crippen molar-refractivity contribution in [2.45, 2.75) is 11.2 Å². The van der Waals surface area contributed by atoms with Gasteiger partial charge in [0.05, 0.1) is 0 Å². The van der Waals surface area contributed by atoms with Crippen LogP contribution < -0.4 is 0 Å². The fraction of sp³-hybridized carbons (Fsp3) is 0.357. The standard InChI is InChI=1S/C14H15F3N4S/c1-21(2)6-7-22-12-8-11(14(15,16)17)19-13(20-12)10-4-3-5-18-9-10/h3-5,8-9H,6-7H2,1-2H3. The van der Waals surface area contributed by atoms with Crippen molar-refractivity contribution in [3.05, 3.63) is 36.3 Å². The zero-order chi connectivity index (χ0) is 16.2. The van der Waals surface area contributed by atoms with Crippen molar-refractivity contribution in [1.29, 1.82) is 0 Å². The topological polar surface area (TPSA) is 41.9 Å². The van der Waals surface area contributed by atoms with Crippen LogP contribution in [0.25, 0.3) is 11.4 Å². The van der Waals surface area contributed by atoms with Gasteiger partial charge in [0.2, 0.25) is 0 Å². The van der Waals surface area contributed by atoms with Crippen molar-refractivity contribution in [2.75, 3.05) is 26.4 Å². The van der Waals surface area contributed by atoms with Gasteiger partial charge in [0.15, 0.2) is 5.82 Å². The molecular weight excluding hydrogens is 313 g/mol. The zero-order valence-corrected chi connectivity index (χ0v) is 12.9. The fourth-order valence-corrected chi connectivity index (χ4v) is 2.61. The lowest BCUT2D eigenvalue weighted by molar-refractivity contribution is -0.141. The molecule has 0 amide bonds. The quantitative estimate of drug-likeness (QED) is 0.623. The van der Waals surface area contributed by atoms with E-state index in [-0.39, 0.29) is 5.82 Å². The van der Waals surface area contributed by atoms with E-state index in [1.54, 1.807) is 18.3 Å². The Morgan fingerprint density at radius 2 is 2.00 bits per heavy atom. The molecule has 0 radical (unpaired) electrons. The van der Waals surface area contributed by atoms with Crippen molar-refractivity contribution in [2.24, 2.45) is 0 Å². The number of rotatable bonds is 5.